The van der Waals surface area contributed by atoms with Crippen LogP contribution in [0.1, 0.15) is 5.56 Å². The molecule has 0 atom stereocenters. The molecule has 0 aromatic heterocycles. The molecule has 0 fully saturated rings. The maximum atomic E-state index is 6.57. The zero-order chi connectivity index (χ0) is 15.5. The van der Waals surface area contributed by atoms with Crippen LogP contribution in [0.4, 0.5) is 0 Å². The van der Waals surface area contributed by atoms with Gasteiger partial charge in [-0.05, 0) is 0 Å². The van der Waals surface area contributed by atoms with E-state index in [0.29, 0.717) is 19.8 Å². The van der Waals surface area contributed by atoms with Crippen LogP contribution in [-0.2, 0) is 6.54 Å². The minimum absolute atomic E-state index is 0.250. The van der Waals surface area contributed by atoms with Crippen LogP contribution in [0.3, 0.4) is 0 Å². The van der Waals surface area contributed by atoms with Gasteiger partial charge in [-0.15, -0.1) is 0 Å². The molecule has 0 bridgehead atoms. The first-order chi connectivity index (χ1) is 9.43. The van der Waals surface area contributed by atoms with Gasteiger partial charge in [0, 0.05) is 5.56 Å². The van der Waals surface area contributed by atoms with Gasteiger partial charge in [0.05, 0.1) is 0 Å². The molecular weight excluding hydrogens is 1510 g/mol. The second-order valence-corrected chi connectivity index (χ2v) is 214. The van der Waals surface area contributed by atoms with Crippen LogP contribution in [0.25, 0.3) is 4.85 Å². The number of halogens is 11. The van der Waals surface area contributed by atoms with Crippen LogP contribution >= 0.6 is 143 Å². The third-order valence-electron chi connectivity index (χ3n) is 1.39. The van der Waals surface area contributed by atoms with Crippen molar-refractivity contribution in [2.75, 3.05) is 0 Å². The Morgan fingerprint density at radius 1 is 1.00 bits per heavy atom. The van der Waals surface area contributed by atoms with Gasteiger partial charge in [0.15, 0.2) is 0 Å². The fourth-order valence-corrected chi connectivity index (χ4v) is 1050. The minimum Gasteiger partial charge on any atom is -0.312 e. The average molecular weight is 1510 g/mol. The van der Waals surface area contributed by atoms with E-state index in [0.717, 1.165) is 5.56 Å². The van der Waals surface area contributed by atoms with Gasteiger partial charge in [-0.3, -0.25) is 0 Å². The first kappa shape index (κ1) is 26.7. The molecule has 1 aromatic rings. The second-order valence-electron chi connectivity index (χ2n) is 2.50. The standard InChI is InChI=1S/C8H7N.I11/c1-9-7-8-5-3-2-4-6-8;1-7-9(4)11(6)10(5)8(2)3/h2-6H,7H2;/q;-1. The molecule has 0 unspecified atom stereocenters. The Labute approximate surface area is 202 Å². The van der Waals surface area contributed by atoms with Gasteiger partial charge >= 0.3 is 157 Å². The first-order valence-electron chi connectivity index (χ1n) is 4.23. The number of benzene rings is 1. The quantitative estimate of drug-likeness (QED) is 0.209. The molecule has 122 valence electrons. The van der Waals surface area contributed by atoms with Crippen molar-refractivity contribution < 1.29 is 13.3 Å². The Balaban J connectivity index is 0.000000367. The summed E-state index contributed by atoms with van der Waals surface area (Å²) >= 11 is 17.8. The van der Waals surface area contributed by atoms with E-state index in [9.17, 15) is 0 Å². The van der Waals surface area contributed by atoms with Gasteiger partial charge in [-0.2, -0.15) is 0 Å². The van der Waals surface area contributed by atoms with E-state index in [4.69, 9.17) is 6.57 Å². The van der Waals surface area contributed by atoms with Crippen molar-refractivity contribution in [3.05, 3.63) is 47.3 Å². The molecule has 20 heavy (non-hydrogen) atoms. The van der Waals surface area contributed by atoms with E-state index in [1.807, 2.05) is 30.3 Å². The molecule has 1 aromatic carbocycles. The van der Waals surface area contributed by atoms with Crippen LogP contribution in [-0.4, -0.2) is 0 Å². The zero-order valence-electron chi connectivity index (χ0n) is 9.20. The number of nitrogens with zero attached hydrogens (tertiary/aromatic N) is 1. The maximum Gasteiger partial charge on any atom is 0.239 e. The molecule has 0 heterocycles. The predicted octanol–water partition coefficient (Wildman–Crippen LogP) is 7.97. The minimum atomic E-state index is -0.355. The number of hydrogen-bond donors (Lipinski definition) is 0. The van der Waals surface area contributed by atoms with Crippen molar-refractivity contribution in [3.63, 3.8) is 0 Å². The fourth-order valence-electron chi connectivity index (χ4n) is 0.752. The molecule has 0 aliphatic rings. The number of hydrogen-bond acceptors (Lipinski definition) is 0. The molecule has 0 saturated carbocycles. The molecule has 0 N–H and O–H groups in total. The first-order valence-corrected chi connectivity index (χ1v) is 67.1. The van der Waals surface area contributed by atoms with E-state index in [2.05, 4.69) is 117 Å². The Kier molecular flexibility index (Phi) is 23.8. The predicted molar refractivity (Wildman–Crippen MR) is 177 cm³/mol. The van der Waals surface area contributed by atoms with E-state index in [1.165, 1.54) is 0 Å². The largest absolute Gasteiger partial charge is 0.312 e. The Morgan fingerprint density at radius 2 is 1.55 bits per heavy atom. The smallest absolute Gasteiger partial charge is 0.239 e. The molecule has 0 aliphatic carbocycles. The summed E-state index contributed by atoms with van der Waals surface area (Å²) in [6, 6.07) is 9.75. The van der Waals surface area contributed by atoms with E-state index in [-0.39, 0.29) is 31.6 Å². The van der Waals surface area contributed by atoms with Crippen LogP contribution in [0.2, 0.25) is 0 Å². The summed E-state index contributed by atoms with van der Waals surface area (Å²) < 4.78 is 0. The summed E-state index contributed by atoms with van der Waals surface area (Å²) in [5.41, 5.74) is 1.09. The van der Waals surface area contributed by atoms with Gasteiger partial charge in [0.2, 0.25) is 6.54 Å². The second kappa shape index (κ2) is 17.8. The molecule has 1 rings (SSSR count). The maximum absolute atomic E-state index is 6.57. The molecule has 0 radical (unpaired) electrons. The summed E-state index contributed by atoms with van der Waals surface area (Å²) in [6.07, 6.45) is 0. The number of rotatable bonds is 5. The fraction of sp³-hybridized carbons (Fsp3) is 0.125. The summed E-state index contributed by atoms with van der Waals surface area (Å²) in [5.74, 6) is 0. The van der Waals surface area contributed by atoms with Crippen molar-refractivity contribution in [1.82, 2.24) is 0 Å². The molecule has 0 spiro atoms. The van der Waals surface area contributed by atoms with Gasteiger partial charge in [-0.25, -0.2) is 6.57 Å². The summed E-state index contributed by atoms with van der Waals surface area (Å²) in [6.45, 7) is 7.07. The normalized spacial score (nSPS) is 12.7. The van der Waals surface area contributed by atoms with Gasteiger partial charge in [-0.1, -0.05) is 30.3 Å². The van der Waals surface area contributed by atoms with Crippen LogP contribution in [0, 0.1) is 6.57 Å². The Hall–Kier alpha value is 6.74. The summed E-state index contributed by atoms with van der Waals surface area (Å²) in [4.78, 5) is 3.26. The molecule has 0 saturated heterocycles. The van der Waals surface area contributed by atoms with Gasteiger partial charge in [0.25, 0.3) is 0 Å². The molecule has 0 aliphatic heterocycles. The summed E-state index contributed by atoms with van der Waals surface area (Å²) in [7, 11) is -1.16. The van der Waals surface area contributed by atoms with Crippen molar-refractivity contribution in [2.45, 2.75) is 6.54 Å². The van der Waals surface area contributed by atoms with Crippen LogP contribution < -0.4 is 13.3 Å². The Morgan fingerprint density at radius 3 is 1.95 bits per heavy atom. The van der Waals surface area contributed by atoms with Crippen molar-refractivity contribution in [1.29, 1.82) is 0 Å². The third kappa shape index (κ3) is 13.8. The molecule has 1 nitrogen and oxygen atoms in total. The van der Waals surface area contributed by atoms with Crippen molar-refractivity contribution in [2.24, 2.45) is 0 Å². The summed E-state index contributed by atoms with van der Waals surface area (Å²) in [5, 5.41) is 0. The van der Waals surface area contributed by atoms with Crippen molar-refractivity contribution >= 4 is 143 Å². The van der Waals surface area contributed by atoms with E-state index < -0.39 is 0 Å². The Bertz CT molecular complexity index is 393. The van der Waals surface area contributed by atoms with Crippen LogP contribution in [0.15, 0.2) is 30.3 Å². The zero-order valence-corrected chi connectivity index (χ0v) is 32.9. The molecule has 0 amide bonds. The van der Waals surface area contributed by atoms with Gasteiger partial charge in [0.1, 0.15) is 0 Å². The van der Waals surface area contributed by atoms with E-state index >= 15 is 0 Å². The van der Waals surface area contributed by atoms with Gasteiger partial charge < -0.3 is 4.85 Å². The average Bonchev–Trinajstić information content (AvgIpc) is 2.47. The van der Waals surface area contributed by atoms with Crippen molar-refractivity contribution in [3.8, 4) is 0 Å². The SMILES string of the molecule is I[I-]I(I)I(I)I(I)I(I)I.[C-]#[N+]Cc1ccccc1. The van der Waals surface area contributed by atoms with Crippen LogP contribution in [0.5, 0.6) is 0 Å². The molecule has 12 heteroatoms. The monoisotopic (exact) mass is 1510 g/mol. The molecular formula is C8H7I11N-. The topological polar surface area (TPSA) is 4.36 Å². The third-order valence-corrected chi connectivity index (χ3v) is 580. The van der Waals surface area contributed by atoms with E-state index in [1.54, 1.807) is 0 Å².